The molecule has 0 radical (unpaired) electrons. The normalized spacial score (nSPS) is 10.6. The zero-order valence-electron chi connectivity index (χ0n) is 15.9. The number of ether oxygens (including phenoxy) is 1. The highest BCUT2D eigenvalue weighted by Crippen LogP contribution is 2.24. The summed E-state index contributed by atoms with van der Waals surface area (Å²) >= 11 is 8.81. The lowest BCUT2D eigenvalue weighted by Crippen LogP contribution is -2.40. The van der Waals surface area contributed by atoms with E-state index in [1.54, 1.807) is 12.1 Å². The largest absolute Gasteiger partial charge is 0.493 e. The second-order valence-electron chi connectivity index (χ2n) is 6.77. The quantitative estimate of drug-likeness (QED) is 0.603. The lowest BCUT2D eigenvalue weighted by Gasteiger charge is -2.21. The van der Waals surface area contributed by atoms with Gasteiger partial charge in [-0.3, -0.25) is 10.1 Å². The van der Waals surface area contributed by atoms with Crippen LogP contribution in [0.2, 0.25) is 0 Å². The number of amides is 1. The number of nitrogens with one attached hydrogen (secondary N) is 1. The molecule has 6 heteroatoms. The van der Waals surface area contributed by atoms with Crippen molar-refractivity contribution in [3.8, 4) is 5.75 Å². The van der Waals surface area contributed by atoms with Gasteiger partial charge in [0.25, 0.3) is 5.91 Å². The second kappa shape index (κ2) is 10.4. The van der Waals surface area contributed by atoms with Crippen LogP contribution in [-0.4, -0.2) is 29.6 Å². The average Bonchev–Trinajstić information content (AvgIpc) is 2.63. The molecule has 2 rings (SSSR count). The number of carbonyl (C=O) groups excluding carboxylic acids is 1. The summed E-state index contributed by atoms with van der Waals surface area (Å²) in [7, 11) is 1.86. The van der Waals surface area contributed by atoms with Crippen LogP contribution in [0, 0.1) is 5.92 Å². The Morgan fingerprint density at radius 2 is 1.93 bits per heavy atom. The third kappa shape index (κ3) is 6.96. The Morgan fingerprint density at radius 1 is 1.22 bits per heavy atom. The number of halogens is 1. The number of benzene rings is 2. The molecule has 0 saturated heterocycles. The van der Waals surface area contributed by atoms with Crippen LogP contribution in [0.1, 0.15) is 36.2 Å². The van der Waals surface area contributed by atoms with Crippen molar-refractivity contribution >= 4 is 39.2 Å². The summed E-state index contributed by atoms with van der Waals surface area (Å²) in [4.78, 5) is 14.6. The summed E-state index contributed by atoms with van der Waals surface area (Å²) in [6.45, 7) is 5.47. The molecule has 0 fully saturated rings. The molecule has 0 unspecified atom stereocenters. The molecular formula is C21H25BrN2O2S. The van der Waals surface area contributed by atoms with Gasteiger partial charge in [-0.2, -0.15) is 0 Å². The molecule has 0 atom stereocenters. The smallest absolute Gasteiger partial charge is 0.261 e. The van der Waals surface area contributed by atoms with Crippen LogP contribution in [0.4, 0.5) is 0 Å². The number of rotatable bonds is 7. The predicted molar refractivity (Wildman–Crippen MR) is 117 cm³/mol. The van der Waals surface area contributed by atoms with Crippen LogP contribution in [0.5, 0.6) is 5.75 Å². The molecule has 0 heterocycles. The molecule has 144 valence electrons. The maximum absolute atomic E-state index is 12.8. The lowest BCUT2D eigenvalue weighted by atomic mass is 10.1. The van der Waals surface area contributed by atoms with Crippen LogP contribution >= 0.6 is 28.1 Å². The van der Waals surface area contributed by atoms with Crippen LogP contribution in [0.3, 0.4) is 0 Å². The summed E-state index contributed by atoms with van der Waals surface area (Å²) in [6, 6.07) is 15.4. The van der Waals surface area contributed by atoms with E-state index in [4.69, 9.17) is 17.0 Å². The highest BCUT2D eigenvalue weighted by Gasteiger charge is 2.16. The molecule has 0 aliphatic heterocycles. The molecule has 1 N–H and O–H groups in total. The number of thiocarbonyl (C=S) groups is 1. The number of carbonyl (C=O) groups is 1. The highest BCUT2D eigenvalue weighted by molar-refractivity contribution is 9.10. The molecule has 0 aromatic heterocycles. The number of hydrogen-bond acceptors (Lipinski definition) is 3. The fraction of sp³-hybridized carbons (Fsp3) is 0.333. The SMILES string of the molecule is CC(C)CCOc1ccc(Br)cc1C(=O)NC(=S)N(C)Cc1ccccc1. The van der Waals surface area contributed by atoms with Crippen LogP contribution in [0.25, 0.3) is 0 Å². The van der Waals surface area contributed by atoms with Crippen molar-refractivity contribution in [2.75, 3.05) is 13.7 Å². The molecule has 2 aromatic carbocycles. The van der Waals surface area contributed by atoms with Gasteiger partial charge in [-0.25, -0.2) is 0 Å². The van der Waals surface area contributed by atoms with E-state index in [2.05, 4.69) is 35.1 Å². The van der Waals surface area contributed by atoms with Crippen molar-refractivity contribution < 1.29 is 9.53 Å². The molecule has 27 heavy (non-hydrogen) atoms. The Hall–Kier alpha value is -1.92. The van der Waals surface area contributed by atoms with Gasteiger partial charge >= 0.3 is 0 Å². The maximum atomic E-state index is 12.8. The van der Waals surface area contributed by atoms with Gasteiger partial charge in [-0.15, -0.1) is 0 Å². The van der Waals surface area contributed by atoms with Gasteiger partial charge in [-0.1, -0.05) is 60.1 Å². The Kier molecular flexibility index (Phi) is 8.25. The third-order valence-corrected chi connectivity index (χ3v) is 4.88. The molecule has 0 saturated carbocycles. The van der Waals surface area contributed by atoms with Gasteiger partial charge in [0.05, 0.1) is 12.2 Å². The monoisotopic (exact) mass is 448 g/mol. The minimum absolute atomic E-state index is 0.277. The third-order valence-electron chi connectivity index (χ3n) is 3.97. The lowest BCUT2D eigenvalue weighted by molar-refractivity contribution is 0.0969. The Balaban J connectivity index is 2.03. The minimum atomic E-state index is -0.277. The zero-order valence-corrected chi connectivity index (χ0v) is 18.3. The summed E-state index contributed by atoms with van der Waals surface area (Å²) in [5, 5.41) is 3.17. The first-order valence-electron chi connectivity index (χ1n) is 8.89. The first kappa shape index (κ1) is 21.4. The van der Waals surface area contributed by atoms with E-state index in [-0.39, 0.29) is 5.91 Å². The Bertz CT molecular complexity index is 781. The molecule has 2 aromatic rings. The maximum Gasteiger partial charge on any atom is 0.261 e. The van der Waals surface area contributed by atoms with Gasteiger partial charge in [0.2, 0.25) is 0 Å². The van der Waals surface area contributed by atoms with Gasteiger partial charge < -0.3 is 9.64 Å². The van der Waals surface area contributed by atoms with Crippen molar-refractivity contribution in [3.63, 3.8) is 0 Å². The molecule has 1 amide bonds. The first-order valence-corrected chi connectivity index (χ1v) is 10.1. The Morgan fingerprint density at radius 3 is 2.59 bits per heavy atom. The van der Waals surface area contributed by atoms with E-state index in [0.29, 0.717) is 35.5 Å². The predicted octanol–water partition coefficient (Wildman–Crippen LogP) is 5.02. The van der Waals surface area contributed by atoms with Gasteiger partial charge in [0.1, 0.15) is 5.75 Å². The van der Waals surface area contributed by atoms with Crippen molar-refractivity contribution in [2.45, 2.75) is 26.8 Å². The fourth-order valence-electron chi connectivity index (χ4n) is 2.40. The van der Waals surface area contributed by atoms with E-state index >= 15 is 0 Å². The van der Waals surface area contributed by atoms with Crippen LogP contribution in [-0.2, 0) is 6.54 Å². The first-order chi connectivity index (χ1) is 12.9. The highest BCUT2D eigenvalue weighted by atomic mass is 79.9. The zero-order chi connectivity index (χ0) is 19.8. The van der Waals surface area contributed by atoms with Gasteiger partial charge in [0.15, 0.2) is 5.11 Å². The molecule has 0 aliphatic carbocycles. The molecular weight excluding hydrogens is 424 g/mol. The van der Waals surface area contributed by atoms with E-state index in [9.17, 15) is 4.79 Å². The molecule has 0 spiro atoms. The van der Waals surface area contributed by atoms with Gasteiger partial charge in [-0.05, 0) is 48.3 Å². The van der Waals surface area contributed by atoms with Crippen molar-refractivity contribution in [2.24, 2.45) is 5.92 Å². The van der Waals surface area contributed by atoms with E-state index in [0.717, 1.165) is 16.5 Å². The van der Waals surface area contributed by atoms with E-state index < -0.39 is 0 Å². The fourth-order valence-corrected chi connectivity index (χ4v) is 2.92. The second-order valence-corrected chi connectivity index (χ2v) is 8.07. The minimum Gasteiger partial charge on any atom is -0.493 e. The molecule has 4 nitrogen and oxygen atoms in total. The molecule has 0 bridgehead atoms. The molecule has 0 aliphatic rings. The average molecular weight is 449 g/mol. The summed E-state index contributed by atoms with van der Waals surface area (Å²) in [5.74, 6) is 0.822. The van der Waals surface area contributed by atoms with Gasteiger partial charge in [0, 0.05) is 18.1 Å². The number of hydrogen-bond donors (Lipinski definition) is 1. The Labute approximate surface area is 175 Å². The topological polar surface area (TPSA) is 41.6 Å². The standard InChI is InChI=1S/C21H25BrN2O2S/c1-15(2)11-12-26-19-10-9-17(22)13-18(19)20(25)23-21(27)24(3)14-16-7-5-4-6-8-16/h4-10,13,15H,11-12,14H2,1-3H3,(H,23,25,27). The summed E-state index contributed by atoms with van der Waals surface area (Å²) in [6.07, 6.45) is 0.926. The summed E-state index contributed by atoms with van der Waals surface area (Å²) in [5.41, 5.74) is 1.58. The number of nitrogens with zero attached hydrogens (tertiary/aromatic N) is 1. The van der Waals surface area contributed by atoms with Crippen molar-refractivity contribution in [1.82, 2.24) is 10.2 Å². The van der Waals surface area contributed by atoms with E-state index in [1.165, 1.54) is 0 Å². The summed E-state index contributed by atoms with van der Waals surface area (Å²) < 4.78 is 6.64. The van der Waals surface area contributed by atoms with Crippen LogP contribution < -0.4 is 10.1 Å². The van der Waals surface area contributed by atoms with Crippen molar-refractivity contribution in [1.29, 1.82) is 0 Å². The van der Waals surface area contributed by atoms with E-state index in [1.807, 2.05) is 48.3 Å². The van der Waals surface area contributed by atoms with Crippen LogP contribution in [0.15, 0.2) is 53.0 Å². The van der Waals surface area contributed by atoms with Crippen molar-refractivity contribution in [3.05, 3.63) is 64.1 Å².